The van der Waals surface area contributed by atoms with Gasteiger partial charge in [0, 0.05) is 6.54 Å². The molecule has 0 radical (unpaired) electrons. The average Bonchev–Trinajstić information content (AvgIpc) is 3.07. The van der Waals surface area contributed by atoms with Crippen LogP contribution in [0.25, 0.3) is 5.69 Å². The summed E-state index contributed by atoms with van der Waals surface area (Å²) in [5.41, 5.74) is 2.63. The van der Waals surface area contributed by atoms with E-state index in [1.807, 2.05) is 48.5 Å². The number of amides is 1. The Labute approximate surface area is 188 Å². The molecule has 0 aliphatic carbocycles. The van der Waals surface area contributed by atoms with Crippen molar-refractivity contribution in [2.75, 3.05) is 13.7 Å². The molecule has 0 saturated carbocycles. The van der Waals surface area contributed by atoms with Crippen LogP contribution in [-0.4, -0.2) is 29.4 Å². The van der Waals surface area contributed by atoms with Gasteiger partial charge in [0.1, 0.15) is 5.15 Å². The number of carbonyl (C=O) groups excluding carboxylic acids is 1. The van der Waals surface area contributed by atoms with Gasteiger partial charge in [-0.05, 0) is 49.1 Å². The summed E-state index contributed by atoms with van der Waals surface area (Å²) in [6, 6.07) is 15.1. The predicted octanol–water partition coefficient (Wildman–Crippen LogP) is 5.20. The molecular formula is C24H28ClN3O3. The Balaban J connectivity index is 1.69. The van der Waals surface area contributed by atoms with Crippen molar-refractivity contribution in [3.8, 4) is 17.2 Å². The number of aromatic nitrogens is 2. The highest BCUT2D eigenvalue weighted by Crippen LogP contribution is 2.29. The van der Waals surface area contributed by atoms with Crippen LogP contribution in [0.2, 0.25) is 5.15 Å². The van der Waals surface area contributed by atoms with Crippen molar-refractivity contribution in [2.45, 2.75) is 33.7 Å². The van der Waals surface area contributed by atoms with E-state index in [1.54, 1.807) is 18.7 Å². The van der Waals surface area contributed by atoms with Gasteiger partial charge in [-0.15, -0.1) is 0 Å². The maximum atomic E-state index is 12.8. The zero-order valence-corrected chi connectivity index (χ0v) is 19.1. The molecule has 164 valence electrons. The molecule has 0 atom stereocenters. The number of methoxy groups -OCH3 is 1. The number of nitrogens with zero attached hydrogens (tertiary/aromatic N) is 2. The minimum Gasteiger partial charge on any atom is -0.493 e. The molecule has 31 heavy (non-hydrogen) atoms. The number of para-hydroxylation sites is 1. The van der Waals surface area contributed by atoms with Crippen LogP contribution in [-0.2, 0) is 6.54 Å². The van der Waals surface area contributed by atoms with Gasteiger partial charge in [-0.3, -0.25) is 4.79 Å². The van der Waals surface area contributed by atoms with Crippen LogP contribution in [0.4, 0.5) is 0 Å². The molecule has 2 aromatic carbocycles. The Bertz CT molecular complexity index is 1030. The fourth-order valence-corrected chi connectivity index (χ4v) is 3.47. The molecule has 0 aliphatic rings. The zero-order chi connectivity index (χ0) is 22.4. The summed E-state index contributed by atoms with van der Waals surface area (Å²) < 4.78 is 12.8. The molecular weight excluding hydrogens is 414 g/mol. The lowest BCUT2D eigenvalue weighted by atomic mass is 10.1. The van der Waals surface area contributed by atoms with Crippen molar-refractivity contribution in [1.82, 2.24) is 15.1 Å². The minimum absolute atomic E-state index is 0.277. The summed E-state index contributed by atoms with van der Waals surface area (Å²) in [6.07, 6.45) is 0.970. The van der Waals surface area contributed by atoms with E-state index in [0.29, 0.717) is 41.8 Å². The highest BCUT2D eigenvalue weighted by molar-refractivity contribution is 6.33. The monoisotopic (exact) mass is 441 g/mol. The number of hydrogen-bond acceptors (Lipinski definition) is 4. The van der Waals surface area contributed by atoms with Gasteiger partial charge in [-0.25, -0.2) is 4.68 Å². The maximum Gasteiger partial charge on any atom is 0.256 e. The van der Waals surface area contributed by atoms with Crippen molar-refractivity contribution in [2.24, 2.45) is 5.92 Å². The zero-order valence-electron chi connectivity index (χ0n) is 18.3. The van der Waals surface area contributed by atoms with Crippen LogP contribution >= 0.6 is 11.6 Å². The molecule has 1 N–H and O–H groups in total. The van der Waals surface area contributed by atoms with Crippen LogP contribution in [0.5, 0.6) is 11.5 Å². The second kappa shape index (κ2) is 10.4. The van der Waals surface area contributed by atoms with Gasteiger partial charge in [0.05, 0.1) is 30.7 Å². The first-order valence-corrected chi connectivity index (χ1v) is 10.7. The van der Waals surface area contributed by atoms with E-state index < -0.39 is 0 Å². The SMILES string of the molecule is COc1cc(CNC(=O)c2c(C)nn(-c3ccccc3)c2Cl)ccc1OCCC(C)C. The fourth-order valence-electron chi connectivity index (χ4n) is 3.11. The summed E-state index contributed by atoms with van der Waals surface area (Å²) in [6.45, 7) is 7.04. The lowest BCUT2D eigenvalue weighted by Crippen LogP contribution is -2.23. The summed E-state index contributed by atoms with van der Waals surface area (Å²) in [7, 11) is 1.61. The fraction of sp³-hybridized carbons (Fsp3) is 0.333. The number of benzene rings is 2. The third-order valence-corrected chi connectivity index (χ3v) is 5.21. The molecule has 0 unspecified atom stereocenters. The molecule has 1 heterocycles. The molecule has 6 nitrogen and oxygen atoms in total. The molecule has 0 saturated heterocycles. The first-order chi connectivity index (χ1) is 14.9. The molecule has 3 rings (SSSR count). The van der Waals surface area contributed by atoms with E-state index in [-0.39, 0.29) is 11.1 Å². The molecule has 7 heteroatoms. The third kappa shape index (κ3) is 5.58. The van der Waals surface area contributed by atoms with Crippen molar-refractivity contribution < 1.29 is 14.3 Å². The van der Waals surface area contributed by atoms with Gasteiger partial charge in [0.25, 0.3) is 5.91 Å². The second-order valence-electron chi connectivity index (χ2n) is 7.70. The smallest absolute Gasteiger partial charge is 0.256 e. The minimum atomic E-state index is -0.277. The Hall–Kier alpha value is -2.99. The Morgan fingerprint density at radius 2 is 1.90 bits per heavy atom. The topological polar surface area (TPSA) is 65.4 Å². The third-order valence-electron chi connectivity index (χ3n) is 4.87. The van der Waals surface area contributed by atoms with Crippen LogP contribution in [0, 0.1) is 12.8 Å². The highest BCUT2D eigenvalue weighted by atomic mass is 35.5. The predicted molar refractivity (Wildman–Crippen MR) is 122 cm³/mol. The molecule has 0 aliphatic heterocycles. The van der Waals surface area contributed by atoms with Crippen LogP contribution in [0.15, 0.2) is 48.5 Å². The lowest BCUT2D eigenvalue weighted by Gasteiger charge is -2.13. The van der Waals surface area contributed by atoms with Gasteiger partial charge in [-0.1, -0.05) is 49.7 Å². The van der Waals surface area contributed by atoms with Crippen molar-refractivity contribution in [3.05, 3.63) is 70.5 Å². The average molecular weight is 442 g/mol. The molecule has 0 fully saturated rings. The number of nitrogens with one attached hydrogen (secondary N) is 1. The largest absolute Gasteiger partial charge is 0.493 e. The first kappa shape index (κ1) is 22.7. The quantitative estimate of drug-likeness (QED) is 0.495. The van der Waals surface area contributed by atoms with E-state index in [9.17, 15) is 4.79 Å². The summed E-state index contributed by atoms with van der Waals surface area (Å²) >= 11 is 6.48. The molecule has 0 spiro atoms. The van der Waals surface area contributed by atoms with Gasteiger partial charge >= 0.3 is 0 Å². The molecule has 3 aromatic rings. The van der Waals surface area contributed by atoms with Crippen molar-refractivity contribution >= 4 is 17.5 Å². The first-order valence-electron chi connectivity index (χ1n) is 10.3. The summed E-state index contributed by atoms with van der Waals surface area (Å²) in [5, 5.41) is 7.63. The number of ether oxygens (including phenoxy) is 2. The number of rotatable bonds is 9. The van der Waals surface area contributed by atoms with E-state index in [1.165, 1.54) is 0 Å². The van der Waals surface area contributed by atoms with Crippen LogP contribution in [0.1, 0.15) is 41.9 Å². The van der Waals surface area contributed by atoms with Crippen molar-refractivity contribution in [1.29, 1.82) is 0 Å². The normalized spacial score (nSPS) is 10.9. The Morgan fingerprint density at radius 3 is 2.58 bits per heavy atom. The number of hydrogen-bond donors (Lipinski definition) is 1. The number of carbonyl (C=O) groups is 1. The maximum absolute atomic E-state index is 12.8. The lowest BCUT2D eigenvalue weighted by molar-refractivity contribution is 0.0950. The van der Waals surface area contributed by atoms with Crippen LogP contribution in [0.3, 0.4) is 0 Å². The standard InChI is InChI=1S/C24H28ClN3O3/c1-16(2)12-13-31-20-11-10-18(14-21(20)30-4)15-26-24(29)22-17(3)27-28(23(22)25)19-8-6-5-7-9-19/h5-11,14,16H,12-13,15H2,1-4H3,(H,26,29). The Morgan fingerprint density at radius 1 is 1.16 bits per heavy atom. The van der Waals surface area contributed by atoms with Crippen LogP contribution < -0.4 is 14.8 Å². The number of aryl methyl sites for hydroxylation is 1. The van der Waals surface area contributed by atoms with Crippen molar-refractivity contribution in [3.63, 3.8) is 0 Å². The Kier molecular flexibility index (Phi) is 7.58. The van der Waals surface area contributed by atoms with Gasteiger partial charge in [-0.2, -0.15) is 5.10 Å². The highest BCUT2D eigenvalue weighted by Gasteiger charge is 2.21. The molecule has 1 aromatic heterocycles. The van der Waals surface area contributed by atoms with E-state index in [2.05, 4.69) is 24.3 Å². The van der Waals surface area contributed by atoms with E-state index in [4.69, 9.17) is 21.1 Å². The molecule has 1 amide bonds. The van der Waals surface area contributed by atoms with Gasteiger partial charge in [0.15, 0.2) is 11.5 Å². The molecule has 0 bridgehead atoms. The van der Waals surface area contributed by atoms with Gasteiger partial charge < -0.3 is 14.8 Å². The summed E-state index contributed by atoms with van der Waals surface area (Å²) in [4.78, 5) is 12.8. The van der Waals surface area contributed by atoms with Gasteiger partial charge in [0.2, 0.25) is 0 Å². The second-order valence-corrected chi connectivity index (χ2v) is 8.06. The summed E-state index contributed by atoms with van der Waals surface area (Å²) in [5.74, 6) is 1.63. The number of halogens is 1. The van der Waals surface area contributed by atoms with E-state index in [0.717, 1.165) is 17.7 Å². The van der Waals surface area contributed by atoms with E-state index >= 15 is 0 Å².